The molecule has 0 saturated carbocycles. The summed E-state index contributed by atoms with van der Waals surface area (Å²) in [6.07, 6.45) is 1.91. The van der Waals surface area contributed by atoms with Crippen molar-refractivity contribution in [1.82, 2.24) is 14.8 Å². The molecule has 4 heteroatoms. The van der Waals surface area contributed by atoms with Gasteiger partial charge in [0.15, 0.2) is 0 Å². The highest BCUT2D eigenvalue weighted by molar-refractivity contribution is 5.92. The lowest BCUT2D eigenvalue weighted by Gasteiger charge is -2.36. The first-order chi connectivity index (χ1) is 7.58. The zero-order valence-corrected chi connectivity index (χ0v) is 10.1. The lowest BCUT2D eigenvalue weighted by molar-refractivity contribution is 0.0664. The van der Waals surface area contributed by atoms with E-state index in [2.05, 4.69) is 19.2 Å². The van der Waals surface area contributed by atoms with Gasteiger partial charge in [-0.2, -0.15) is 0 Å². The van der Waals surface area contributed by atoms with Crippen molar-refractivity contribution >= 4 is 5.91 Å². The maximum absolute atomic E-state index is 12.3. The molecule has 1 N–H and O–H groups in total. The molecule has 1 aliphatic heterocycles. The molecule has 0 bridgehead atoms. The van der Waals surface area contributed by atoms with Crippen molar-refractivity contribution in [2.75, 3.05) is 13.1 Å². The van der Waals surface area contributed by atoms with Gasteiger partial charge in [0.05, 0.1) is 0 Å². The van der Waals surface area contributed by atoms with Gasteiger partial charge in [-0.1, -0.05) is 0 Å². The van der Waals surface area contributed by atoms with E-state index in [0.717, 1.165) is 18.8 Å². The standard InChI is InChI=1S/C12H19N3O/c1-9-7-15(8-10(2)13-9)12(16)11-5-4-6-14(11)3/h4-6,9-10,13H,7-8H2,1-3H3. The fourth-order valence-corrected chi connectivity index (χ4v) is 2.34. The van der Waals surface area contributed by atoms with E-state index in [4.69, 9.17) is 0 Å². The van der Waals surface area contributed by atoms with Crippen LogP contribution in [0.1, 0.15) is 24.3 Å². The molecule has 4 nitrogen and oxygen atoms in total. The molecule has 88 valence electrons. The van der Waals surface area contributed by atoms with Crippen LogP contribution in [0, 0.1) is 0 Å². The summed E-state index contributed by atoms with van der Waals surface area (Å²) in [5.74, 6) is 0.132. The van der Waals surface area contributed by atoms with Crippen molar-refractivity contribution in [1.29, 1.82) is 0 Å². The summed E-state index contributed by atoms with van der Waals surface area (Å²) >= 11 is 0. The second-order valence-corrected chi connectivity index (χ2v) is 4.68. The molecule has 1 fully saturated rings. The van der Waals surface area contributed by atoms with E-state index in [1.165, 1.54) is 0 Å². The molecule has 1 aromatic heterocycles. The Balaban J connectivity index is 2.13. The lowest BCUT2D eigenvalue weighted by atomic mass is 10.1. The van der Waals surface area contributed by atoms with E-state index in [0.29, 0.717) is 12.1 Å². The second-order valence-electron chi connectivity index (χ2n) is 4.68. The van der Waals surface area contributed by atoms with Gasteiger partial charge in [0.25, 0.3) is 5.91 Å². The van der Waals surface area contributed by atoms with E-state index < -0.39 is 0 Å². The van der Waals surface area contributed by atoms with E-state index in [-0.39, 0.29) is 5.91 Å². The van der Waals surface area contributed by atoms with Crippen LogP contribution in [0.2, 0.25) is 0 Å². The molecular weight excluding hydrogens is 202 g/mol. The third-order valence-electron chi connectivity index (χ3n) is 3.01. The summed E-state index contributed by atoms with van der Waals surface area (Å²) in [5, 5.41) is 3.42. The van der Waals surface area contributed by atoms with Crippen LogP contribution in [0.5, 0.6) is 0 Å². The third kappa shape index (κ3) is 2.11. The zero-order valence-electron chi connectivity index (χ0n) is 10.1. The topological polar surface area (TPSA) is 37.3 Å². The number of nitrogens with zero attached hydrogens (tertiary/aromatic N) is 2. The molecule has 1 saturated heterocycles. The highest BCUT2D eigenvalue weighted by Crippen LogP contribution is 2.10. The molecule has 2 unspecified atom stereocenters. The Morgan fingerprint density at radius 1 is 1.38 bits per heavy atom. The summed E-state index contributed by atoms with van der Waals surface area (Å²) in [4.78, 5) is 14.2. The Kier molecular flexibility index (Phi) is 3.01. The normalized spacial score (nSPS) is 25.8. The lowest BCUT2D eigenvalue weighted by Crippen LogP contribution is -2.56. The number of carbonyl (C=O) groups excluding carboxylic acids is 1. The molecule has 0 aromatic carbocycles. The van der Waals surface area contributed by atoms with Crippen molar-refractivity contribution in [3.63, 3.8) is 0 Å². The molecule has 0 radical (unpaired) electrons. The minimum Gasteiger partial charge on any atom is -0.347 e. The molecular formula is C12H19N3O. The van der Waals surface area contributed by atoms with Gasteiger partial charge in [-0.15, -0.1) is 0 Å². The first-order valence-electron chi connectivity index (χ1n) is 5.74. The van der Waals surface area contributed by atoms with Crippen LogP contribution in [-0.4, -0.2) is 40.5 Å². The third-order valence-corrected chi connectivity index (χ3v) is 3.01. The monoisotopic (exact) mass is 221 g/mol. The summed E-state index contributed by atoms with van der Waals surface area (Å²) < 4.78 is 1.87. The smallest absolute Gasteiger partial charge is 0.270 e. The van der Waals surface area contributed by atoms with Crippen LogP contribution in [-0.2, 0) is 7.05 Å². The average Bonchev–Trinajstić information content (AvgIpc) is 2.62. The van der Waals surface area contributed by atoms with Crippen LogP contribution in [0.4, 0.5) is 0 Å². The van der Waals surface area contributed by atoms with Gasteiger partial charge in [-0.3, -0.25) is 4.79 Å². The van der Waals surface area contributed by atoms with Crippen LogP contribution in [0.3, 0.4) is 0 Å². The second kappa shape index (κ2) is 4.29. The highest BCUT2D eigenvalue weighted by Gasteiger charge is 2.26. The Hall–Kier alpha value is -1.29. The minimum atomic E-state index is 0.132. The summed E-state index contributed by atoms with van der Waals surface area (Å²) in [6.45, 7) is 5.80. The highest BCUT2D eigenvalue weighted by atomic mass is 16.2. The average molecular weight is 221 g/mol. The zero-order chi connectivity index (χ0) is 11.7. The van der Waals surface area contributed by atoms with Gasteiger partial charge < -0.3 is 14.8 Å². The molecule has 0 aliphatic carbocycles. The minimum absolute atomic E-state index is 0.132. The molecule has 2 heterocycles. The van der Waals surface area contributed by atoms with E-state index in [1.807, 2.05) is 34.8 Å². The van der Waals surface area contributed by atoms with Gasteiger partial charge >= 0.3 is 0 Å². The van der Waals surface area contributed by atoms with Crippen molar-refractivity contribution in [3.8, 4) is 0 Å². The predicted molar refractivity (Wildman–Crippen MR) is 63.4 cm³/mol. The van der Waals surface area contributed by atoms with Crippen LogP contribution in [0.25, 0.3) is 0 Å². The van der Waals surface area contributed by atoms with Crippen LogP contribution < -0.4 is 5.32 Å². The fourth-order valence-electron chi connectivity index (χ4n) is 2.34. The van der Waals surface area contributed by atoms with Gasteiger partial charge in [-0.25, -0.2) is 0 Å². The summed E-state index contributed by atoms with van der Waals surface area (Å²) in [7, 11) is 1.91. The number of hydrogen-bond donors (Lipinski definition) is 1. The molecule has 1 aliphatic rings. The van der Waals surface area contributed by atoms with E-state index in [9.17, 15) is 4.79 Å². The quantitative estimate of drug-likeness (QED) is 0.763. The molecule has 0 spiro atoms. The largest absolute Gasteiger partial charge is 0.347 e. The molecule has 1 amide bonds. The predicted octanol–water partition coefficient (Wildman–Crippen LogP) is 0.848. The van der Waals surface area contributed by atoms with Gasteiger partial charge in [0, 0.05) is 38.4 Å². The number of piperazine rings is 1. The molecule has 16 heavy (non-hydrogen) atoms. The van der Waals surface area contributed by atoms with Crippen LogP contribution >= 0.6 is 0 Å². The Bertz CT molecular complexity index is 375. The Morgan fingerprint density at radius 3 is 2.50 bits per heavy atom. The maximum atomic E-state index is 12.3. The number of nitrogens with one attached hydrogen (secondary N) is 1. The molecule has 2 rings (SSSR count). The Labute approximate surface area is 96.2 Å². The number of aromatic nitrogens is 1. The van der Waals surface area contributed by atoms with Gasteiger partial charge in [0.2, 0.25) is 0 Å². The maximum Gasteiger partial charge on any atom is 0.270 e. The summed E-state index contributed by atoms with van der Waals surface area (Å²) in [5.41, 5.74) is 0.765. The SMILES string of the molecule is CC1CN(C(=O)c2cccn2C)CC(C)N1. The first-order valence-corrected chi connectivity index (χ1v) is 5.74. The number of amides is 1. The fraction of sp³-hybridized carbons (Fsp3) is 0.583. The summed E-state index contributed by atoms with van der Waals surface area (Å²) in [6, 6.07) is 4.52. The van der Waals surface area contributed by atoms with Crippen molar-refractivity contribution in [2.24, 2.45) is 7.05 Å². The van der Waals surface area contributed by atoms with E-state index in [1.54, 1.807) is 0 Å². The van der Waals surface area contributed by atoms with Crippen molar-refractivity contribution in [2.45, 2.75) is 25.9 Å². The molecule has 1 aromatic rings. The van der Waals surface area contributed by atoms with E-state index >= 15 is 0 Å². The first kappa shape index (κ1) is 11.2. The molecule has 2 atom stereocenters. The number of aryl methyl sites for hydroxylation is 1. The van der Waals surface area contributed by atoms with Gasteiger partial charge in [0.1, 0.15) is 5.69 Å². The van der Waals surface area contributed by atoms with Crippen molar-refractivity contribution < 1.29 is 4.79 Å². The Morgan fingerprint density at radius 2 is 2.00 bits per heavy atom. The number of rotatable bonds is 1. The number of hydrogen-bond acceptors (Lipinski definition) is 2. The van der Waals surface area contributed by atoms with Gasteiger partial charge in [-0.05, 0) is 26.0 Å². The van der Waals surface area contributed by atoms with Crippen molar-refractivity contribution in [3.05, 3.63) is 24.0 Å². The van der Waals surface area contributed by atoms with Crippen LogP contribution in [0.15, 0.2) is 18.3 Å². The number of carbonyl (C=O) groups is 1.